The molecule has 3 rings (SSSR count). The number of hydrogen-bond acceptors (Lipinski definition) is 5. The van der Waals surface area contributed by atoms with Crippen LogP contribution in [-0.4, -0.2) is 21.3 Å². The van der Waals surface area contributed by atoms with Gasteiger partial charge in [0, 0.05) is 24.7 Å². The Kier molecular flexibility index (Phi) is 5.10. The smallest absolute Gasteiger partial charge is 0.308 e. The summed E-state index contributed by atoms with van der Waals surface area (Å²) >= 11 is 0.962. The molecule has 0 aliphatic rings. The summed E-state index contributed by atoms with van der Waals surface area (Å²) in [5.74, 6) is -3.44. The van der Waals surface area contributed by atoms with E-state index in [1.165, 1.54) is 24.6 Å². The largest absolute Gasteiger partial charge is 0.438 e. The van der Waals surface area contributed by atoms with Gasteiger partial charge in [0.1, 0.15) is 5.75 Å². The van der Waals surface area contributed by atoms with Crippen LogP contribution < -0.4 is 9.61 Å². The number of fused-ring (bicyclic) bond motifs is 1. The van der Waals surface area contributed by atoms with Crippen molar-refractivity contribution in [1.82, 2.24) is 9.55 Å². The van der Waals surface area contributed by atoms with Gasteiger partial charge >= 0.3 is 4.87 Å². The van der Waals surface area contributed by atoms with Crippen LogP contribution >= 0.6 is 11.3 Å². The summed E-state index contributed by atoms with van der Waals surface area (Å²) in [6.07, 6.45) is 1.52. The van der Waals surface area contributed by atoms with Gasteiger partial charge in [0.15, 0.2) is 5.78 Å². The third-order valence-electron chi connectivity index (χ3n) is 4.33. The normalized spacial score (nSPS) is 12.9. The fourth-order valence-corrected chi connectivity index (χ4v) is 3.50. The van der Waals surface area contributed by atoms with Crippen molar-refractivity contribution in [3.05, 3.63) is 51.8 Å². The van der Waals surface area contributed by atoms with Crippen LogP contribution in [0.1, 0.15) is 31.1 Å². The number of pyridine rings is 1. The predicted molar refractivity (Wildman–Crippen MR) is 100 cm³/mol. The molecule has 1 unspecified atom stereocenters. The van der Waals surface area contributed by atoms with Crippen molar-refractivity contribution >= 4 is 27.3 Å². The molecule has 0 bridgehead atoms. The number of alkyl halides is 2. The number of aromatic nitrogens is 2. The first kappa shape index (κ1) is 19.2. The lowest BCUT2D eigenvalue weighted by Crippen LogP contribution is -2.28. The predicted octanol–water partition coefficient (Wildman–Crippen LogP) is 4.74. The van der Waals surface area contributed by atoms with E-state index in [4.69, 9.17) is 4.74 Å². The van der Waals surface area contributed by atoms with Crippen molar-refractivity contribution in [1.29, 1.82) is 0 Å². The quantitative estimate of drug-likeness (QED) is 0.568. The molecule has 0 saturated heterocycles. The van der Waals surface area contributed by atoms with E-state index in [-0.39, 0.29) is 23.1 Å². The third-order valence-corrected chi connectivity index (χ3v) is 5.27. The van der Waals surface area contributed by atoms with Crippen molar-refractivity contribution in [2.45, 2.75) is 33.2 Å². The molecular formula is C19H18F2N2O3S. The fraction of sp³-hybridized carbons (Fsp3) is 0.316. The van der Waals surface area contributed by atoms with Gasteiger partial charge in [-0.25, -0.2) is 13.8 Å². The van der Waals surface area contributed by atoms with E-state index in [0.717, 1.165) is 18.3 Å². The van der Waals surface area contributed by atoms with E-state index in [0.29, 0.717) is 21.5 Å². The second-order valence-corrected chi connectivity index (χ2v) is 7.47. The van der Waals surface area contributed by atoms with Gasteiger partial charge in [-0.2, -0.15) is 0 Å². The van der Waals surface area contributed by atoms with Crippen molar-refractivity contribution in [3.8, 4) is 11.6 Å². The minimum absolute atomic E-state index is 0.0722. The SMILES string of the molecule is CC(=O)c1cccnc1Oc1ccc2c(c1)sc(=O)n2CC(C)C(C)(F)F. The number of rotatable bonds is 6. The van der Waals surface area contributed by atoms with E-state index in [9.17, 15) is 18.4 Å². The van der Waals surface area contributed by atoms with Crippen LogP contribution in [-0.2, 0) is 6.54 Å². The Hall–Kier alpha value is -2.61. The molecule has 2 heterocycles. The number of ketones is 1. The molecule has 0 fully saturated rings. The van der Waals surface area contributed by atoms with Crippen LogP contribution in [0.3, 0.4) is 0 Å². The van der Waals surface area contributed by atoms with Gasteiger partial charge in [-0.1, -0.05) is 18.3 Å². The van der Waals surface area contributed by atoms with Gasteiger partial charge < -0.3 is 4.74 Å². The first-order chi connectivity index (χ1) is 12.7. The monoisotopic (exact) mass is 392 g/mol. The average Bonchev–Trinajstić information content (AvgIpc) is 2.89. The lowest BCUT2D eigenvalue weighted by molar-refractivity contribution is -0.0381. The summed E-state index contributed by atoms with van der Waals surface area (Å²) in [4.78, 5) is 27.7. The summed E-state index contributed by atoms with van der Waals surface area (Å²) in [6, 6.07) is 8.18. The van der Waals surface area contributed by atoms with Gasteiger partial charge in [0.2, 0.25) is 11.8 Å². The Morgan fingerprint density at radius 3 is 2.78 bits per heavy atom. The first-order valence-electron chi connectivity index (χ1n) is 8.32. The number of benzene rings is 1. The molecule has 142 valence electrons. The Balaban J connectivity index is 1.94. The number of ether oxygens (including phenoxy) is 1. The highest BCUT2D eigenvalue weighted by atomic mass is 32.1. The number of halogens is 2. The molecular weight excluding hydrogens is 374 g/mol. The van der Waals surface area contributed by atoms with Gasteiger partial charge in [-0.3, -0.25) is 14.2 Å². The van der Waals surface area contributed by atoms with E-state index >= 15 is 0 Å². The van der Waals surface area contributed by atoms with E-state index in [1.54, 1.807) is 30.3 Å². The maximum atomic E-state index is 13.5. The minimum Gasteiger partial charge on any atom is -0.438 e. The van der Waals surface area contributed by atoms with Crippen LogP contribution in [0.4, 0.5) is 8.78 Å². The molecule has 5 nitrogen and oxygen atoms in total. The maximum Gasteiger partial charge on any atom is 0.308 e. The summed E-state index contributed by atoms with van der Waals surface area (Å²) in [5, 5.41) is 0. The van der Waals surface area contributed by atoms with Gasteiger partial charge in [0.05, 0.1) is 15.8 Å². The molecule has 0 saturated carbocycles. The molecule has 0 N–H and O–H groups in total. The van der Waals surface area contributed by atoms with Crippen LogP contribution in [0.25, 0.3) is 10.2 Å². The lowest BCUT2D eigenvalue weighted by atomic mass is 10.1. The summed E-state index contributed by atoms with van der Waals surface area (Å²) in [5.41, 5.74) is 0.920. The first-order valence-corrected chi connectivity index (χ1v) is 9.13. The zero-order valence-corrected chi connectivity index (χ0v) is 15.8. The molecule has 0 aliphatic carbocycles. The van der Waals surface area contributed by atoms with Crippen LogP contribution in [0.5, 0.6) is 11.6 Å². The number of hydrogen-bond donors (Lipinski definition) is 0. The van der Waals surface area contributed by atoms with Crippen molar-refractivity contribution in [3.63, 3.8) is 0 Å². The fourth-order valence-electron chi connectivity index (χ4n) is 2.57. The Labute approximate surface area is 158 Å². The highest BCUT2D eigenvalue weighted by Crippen LogP contribution is 2.30. The number of nitrogens with zero attached hydrogens (tertiary/aromatic N) is 2. The Bertz CT molecular complexity index is 1050. The van der Waals surface area contributed by atoms with Crippen molar-refractivity contribution in [2.24, 2.45) is 5.92 Å². The molecule has 3 aromatic rings. The summed E-state index contributed by atoms with van der Waals surface area (Å²) < 4.78 is 34.6. The standard InChI is InChI=1S/C19H18F2N2O3S/c1-11(19(3,20)21)10-23-15-7-6-13(9-16(15)27-18(23)25)26-17-14(12(2)24)5-4-8-22-17/h4-9,11H,10H2,1-3H3. The van der Waals surface area contributed by atoms with Crippen molar-refractivity contribution in [2.75, 3.05) is 0 Å². The van der Waals surface area contributed by atoms with Gasteiger partial charge in [-0.15, -0.1) is 0 Å². The lowest BCUT2D eigenvalue weighted by Gasteiger charge is -2.19. The van der Waals surface area contributed by atoms with Gasteiger partial charge in [-0.05, 0) is 38.1 Å². The number of Topliss-reactive ketones (excluding diaryl/α,β-unsaturated/α-hetero) is 1. The molecule has 1 aromatic carbocycles. The second kappa shape index (κ2) is 7.19. The molecule has 8 heteroatoms. The molecule has 2 aromatic heterocycles. The Morgan fingerprint density at radius 2 is 2.11 bits per heavy atom. The summed E-state index contributed by atoms with van der Waals surface area (Å²) in [7, 11) is 0. The highest BCUT2D eigenvalue weighted by molar-refractivity contribution is 7.16. The highest BCUT2D eigenvalue weighted by Gasteiger charge is 2.31. The molecule has 1 atom stereocenters. The molecule has 0 radical (unpaired) electrons. The van der Waals surface area contributed by atoms with Crippen LogP contribution in [0.2, 0.25) is 0 Å². The number of carbonyl (C=O) groups is 1. The third kappa shape index (κ3) is 4.05. The zero-order valence-electron chi connectivity index (χ0n) is 15.0. The minimum atomic E-state index is -2.88. The molecule has 27 heavy (non-hydrogen) atoms. The maximum absolute atomic E-state index is 13.5. The van der Waals surface area contributed by atoms with Crippen LogP contribution in [0.15, 0.2) is 41.3 Å². The van der Waals surface area contributed by atoms with Crippen LogP contribution in [0, 0.1) is 5.92 Å². The van der Waals surface area contributed by atoms with E-state index in [1.807, 2.05) is 0 Å². The molecule has 0 spiro atoms. The Morgan fingerprint density at radius 1 is 1.37 bits per heavy atom. The molecule has 0 aliphatic heterocycles. The number of carbonyl (C=O) groups excluding carboxylic acids is 1. The van der Waals surface area contributed by atoms with E-state index in [2.05, 4.69) is 4.98 Å². The zero-order chi connectivity index (χ0) is 19.8. The van der Waals surface area contributed by atoms with Gasteiger partial charge in [0.25, 0.3) is 0 Å². The summed E-state index contributed by atoms with van der Waals surface area (Å²) in [6.45, 7) is 3.61. The second-order valence-electron chi connectivity index (χ2n) is 6.48. The number of thiazole rings is 1. The molecule has 0 amide bonds. The topological polar surface area (TPSA) is 61.2 Å². The van der Waals surface area contributed by atoms with E-state index < -0.39 is 11.8 Å². The average molecular weight is 392 g/mol. The van der Waals surface area contributed by atoms with Crippen molar-refractivity contribution < 1.29 is 18.3 Å².